The Morgan fingerprint density at radius 1 is 1.00 bits per heavy atom. The van der Waals surface area contributed by atoms with E-state index in [1.165, 1.54) is 0 Å². The van der Waals surface area contributed by atoms with Gasteiger partial charge < -0.3 is 20.0 Å². The highest BCUT2D eigenvalue weighted by Crippen LogP contribution is 2.21. The van der Waals surface area contributed by atoms with E-state index in [2.05, 4.69) is 24.5 Å². The molecule has 2 N–H and O–H groups in total. The lowest BCUT2D eigenvalue weighted by atomic mass is 9.98. The molecule has 1 fully saturated rings. The van der Waals surface area contributed by atoms with E-state index in [4.69, 9.17) is 4.42 Å². The second-order valence-electron chi connectivity index (χ2n) is 9.16. The van der Waals surface area contributed by atoms with Gasteiger partial charge in [-0.2, -0.15) is 0 Å². The first-order valence-corrected chi connectivity index (χ1v) is 12.4. The van der Waals surface area contributed by atoms with Crippen LogP contribution in [0.5, 0.6) is 0 Å². The zero-order valence-corrected chi connectivity index (χ0v) is 20.4. The van der Waals surface area contributed by atoms with E-state index in [1.807, 2.05) is 41.3 Å². The molecule has 3 aromatic rings. The molecule has 4 rings (SSSR count). The van der Waals surface area contributed by atoms with Gasteiger partial charge in [-0.05, 0) is 55.5 Å². The zero-order chi connectivity index (χ0) is 24.8. The molecule has 0 spiro atoms. The summed E-state index contributed by atoms with van der Waals surface area (Å²) in [5.41, 5.74) is 2.17. The van der Waals surface area contributed by atoms with Gasteiger partial charge >= 0.3 is 0 Å². The third-order valence-electron chi connectivity index (χ3n) is 6.73. The Morgan fingerprint density at radius 3 is 2.34 bits per heavy atom. The van der Waals surface area contributed by atoms with Gasteiger partial charge in [0.15, 0.2) is 5.76 Å². The van der Waals surface area contributed by atoms with Crippen LogP contribution in [0.3, 0.4) is 0 Å². The molecule has 7 nitrogen and oxygen atoms in total. The first-order valence-electron chi connectivity index (χ1n) is 12.4. The molecule has 2 aromatic carbocycles. The van der Waals surface area contributed by atoms with Crippen molar-refractivity contribution in [3.8, 4) is 0 Å². The quantitative estimate of drug-likeness (QED) is 0.491. The zero-order valence-electron chi connectivity index (χ0n) is 20.4. The van der Waals surface area contributed by atoms with Crippen molar-refractivity contribution in [3.63, 3.8) is 0 Å². The predicted molar refractivity (Wildman–Crippen MR) is 136 cm³/mol. The third-order valence-corrected chi connectivity index (χ3v) is 6.73. The molecule has 0 radical (unpaired) electrons. The van der Waals surface area contributed by atoms with E-state index in [1.54, 1.807) is 18.2 Å². The van der Waals surface area contributed by atoms with E-state index in [-0.39, 0.29) is 41.9 Å². The standard InChI is InChI=1S/C28H33N3O4/c1-3-20(4-2)28(34)31-15-13-23(14-16-31)29-26(32)17-19-9-11-22(12-10-19)30-27(33)25-18-21-7-5-6-8-24(21)35-25/h5-12,18,20,23H,3-4,13-17H2,1-2H3,(H,29,32)(H,30,33). The average molecular weight is 476 g/mol. The van der Waals surface area contributed by atoms with Crippen LogP contribution in [0.2, 0.25) is 0 Å². The molecule has 0 saturated carbocycles. The summed E-state index contributed by atoms with van der Waals surface area (Å²) in [6, 6.07) is 16.5. The van der Waals surface area contributed by atoms with Crippen LogP contribution < -0.4 is 10.6 Å². The number of furan rings is 1. The fraction of sp³-hybridized carbons (Fsp3) is 0.393. The molecule has 35 heavy (non-hydrogen) atoms. The second kappa shape index (κ2) is 11.2. The van der Waals surface area contributed by atoms with Gasteiger partial charge in [0.2, 0.25) is 11.8 Å². The van der Waals surface area contributed by atoms with Gasteiger partial charge in [0.1, 0.15) is 5.58 Å². The monoisotopic (exact) mass is 475 g/mol. The summed E-state index contributed by atoms with van der Waals surface area (Å²) in [4.78, 5) is 39.6. The second-order valence-corrected chi connectivity index (χ2v) is 9.16. The van der Waals surface area contributed by atoms with Crippen LogP contribution in [-0.2, 0) is 16.0 Å². The maximum atomic E-state index is 12.6. The van der Waals surface area contributed by atoms with Crippen LogP contribution in [0, 0.1) is 5.92 Å². The van der Waals surface area contributed by atoms with Crippen molar-refractivity contribution in [2.45, 2.75) is 52.0 Å². The van der Waals surface area contributed by atoms with Crippen molar-refractivity contribution < 1.29 is 18.8 Å². The number of fused-ring (bicyclic) bond motifs is 1. The van der Waals surface area contributed by atoms with E-state index >= 15 is 0 Å². The number of carbonyl (C=O) groups is 3. The lowest BCUT2D eigenvalue weighted by molar-refractivity contribution is -0.137. The molecule has 0 atom stereocenters. The number of hydrogen-bond donors (Lipinski definition) is 2. The maximum absolute atomic E-state index is 12.6. The summed E-state index contributed by atoms with van der Waals surface area (Å²) >= 11 is 0. The van der Waals surface area contributed by atoms with E-state index in [0.717, 1.165) is 36.6 Å². The topological polar surface area (TPSA) is 91.7 Å². The van der Waals surface area contributed by atoms with E-state index < -0.39 is 0 Å². The summed E-state index contributed by atoms with van der Waals surface area (Å²) in [5, 5.41) is 6.81. The van der Waals surface area contributed by atoms with Crippen molar-refractivity contribution in [2.24, 2.45) is 5.92 Å². The van der Waals surface area contributed by atoms with Crippen LogP contribution in [0.1, 0.15) is 55.6 Å². The minimum Gasteiger partial charge on any atom is -0.451 e. The highest BCUT2D eigenvalue weighted by Gasteiger charge is 2.27. The Kier molecular flexibility index (Phi) is 7.85. The van der Waals surface area contributed by atoms with Crippen molar-refractivity contribution in [2.75, 3.05) is 18.4 Å². The fourth-order valence-electron chi connectivity index (χ4n) is 4.60. The predicted octanol–water partition coefficient (Wildman–Crippen LogP) is 4.77. The summed E-state index contributed by atoms with van der Waals surface area (Å²) in [7, 11) is 0. The molecule has 1 saturated heterocycles. The number of nitrogens with one attached hydrogen (secondary N) is 2. The SMILES string of the molecule is CCC(CC)C(=O)N1CCC(NC(=O)Cc2ccc(NC(=O)c3cc4ccccc4o3)cc2)CC1. The number of piperidine rings is 1. The van der Waals surface area contributed by atoms with Crippen LogP contribution in [0.25, 0.3) is 11.0 Å². The highest BCUT2D eigenvalue weighted by atomic mass is 16.3. The van der Waals surface area contributed by atoms with Gasteiger partial charge in [-0.15, -0.1) is 0 Å². The van der Waals surface area contributed by atoms with E-state index in [9.17, 15) is 14.4 Å². The van der Waals surface area contributed by atoms with Crippen LogP contribution in [0.15, 0.2) is 59.0 Å². The molecule has 184 valence electrons. The summed E-state index contributed by atoms with van der Waals surface area (Å²) in [6.45, 7) is 5.50. The molecule has 0 aliphatic carbocycles. The number of amides is 3. The van der Waals surface area contributed by atoms with E-state index in [0.29, 0.717) is 24.4 Å². The molecule has 1 aliphatic rings. The lowest BCUT2D eigenvalue weighted by Gasteiger charge is -2.34. The fourth-order valence-corrected chi connectivity index (χ4v) is 4.60. The Hall–Kier alpha value is -3.61. The van der Waals surface area contributed by atoms with Gasteiger partial charge in [-0.1, -0.05) is 44.2 Å². The number of carbonyl (C=O) groups excluding carboxylic acids is 3. The highest BCUT2D eigenvalue weighted by molar-refractivity contribution is 6.04. The number of nitrogens with zero attached hydrogens (tertiary/aromatic N) is 1. The van der Waals surface area contributed by atoms with Gasteiger partial charge in [-0.25, -0.2) is 0 Å². The maximum Gasteiger partial charge on any atom is 0.291 e. The largest absolute Gasteiger partial charge is 0.451 e. The molecule has 3 amide bonds. The number of likely N-dealkylation sites (tertiary alicyclic amines) is 1. The number of para-hydroxylation sites is 1. The Labute approximate surface area is 205 Å². The first kappa shape index (κ1) is 24.5. The average Bonchev–Trinajstić information content (AvgIpc) is 3.31. The van der Waals surface area contributed by atoms with Crippen LogP contribution >= 0.6 is 0 Å². The number of rotatable bonds is 8. The summed E-state index contributed by atoms with van der Waals surface area (Å²) in [5.74, 6) is 0.247. The summed E-state index contributed by atoms with van der Waals surface area (Å²) in [6.07, 6.45) is 3.57. The lowest BCUT2D eigenvalue weighted by Crippen LogP contribution is -2.48. The Balaban J connectivity index is 1.24. The van der Waals surface area contributed by atoms with Gasteiger partial charge in [-0.3, -0.25) is 14.4 Å². The van der Waals surface area contributed by atoms with Gasteiger partial charge in [0.05, 0.1) is 6.42 Å². The number of anilines is 1. The Morgan fingerprint density at radius 2 is 1.69 bits per heavy atom. The van der Waals surface area contributed by atoms with Crippen molar-refractivity contribution >= 4 is 34.4 Å². The third kappa shape index (κ3) is 6.10. The minimum absolute atomic E-state index is 0.0335. The molecule has 0 unspecified atom stereocenters. The van der Waals surface area contributed by atoms with Crippen molar-refractivity contribution in [3.05, 3.63) is 65.9 Å². The molecule has 1 aromatic heterocycles. The first-order chi connectivity index (χ1) is 17.0. The molecule has 7 heteroatoms. The normalized spacial score (nSPS) is 14.3. The van der Waals surface area contributed by atoms with Gasteiger partial charge in [0, 0.05) is 36.1 Å². The van der Waals surface area contributed by atoms with Crippen molar-refractivity contribution in [1.29, 1.82) is 0 Å². The van der Waals surface area contributed by atoms with Crippen LogP contribution in [0.4, 0.5) is 5.69 Å². The van der Waals surface area contributed by atoms with Crippen LogP contribution in [-0.4, -0.2) is 41.8 Å². The molecule has 1 aliphatic heterocycles. The Bertz CT molecular complexity index is 1140. The molecule has 2 heterocycles. The number of benzene rings is 2. The molecule has 0 bridgehead atoms. The van der Waals surface area contributed by atoms with Gasteiger partial charge in [0.25, 0.3) is 5.91 Å². The molecular formula is C28H33N3O4. The number of hydrogen-bond acceptors (Lipinski definition) is 4. The van der Waals surface area contributed by atoms with Crippen molar-refractivity contribution in [1.82, 2.24) is 10.2 Å². The summed E-state index contributed by atoms with van der Waals surface area (Å²) < 4.78 is 5.61. The smallest absolute Gasteiger partial charge is 0.291 e. The minimum atomic E-state index is -0.319. The molecular weight excluding hydrogens is 442 g/mol.